The molecule has 0 spiro atoms. The van der Waals surface area contributed by atoms with Gasteiger partial charge >= 0.3 is 0 Å². The van der Waals surface area contributed by atoms with E-state index < -0.39 is 0 Å². The van der Waals surface area contributed by atoms with E-state index in [1.165, 1.54) is 11.3 Å². The number of benzene rings is 2. The predicted molar refractivity (Wildman–Crippen MR) is 121 cm³/mol. The molecular weight excluding hydrogens is 398 g/mol. The molecule has 0 unspecified atom stereocenters. The molecule has 0 atom stereocenters. The molecule has 2 N–H and O–H groups in total. The lowest BCUT2D eigenvalue weighted by atomic mass is 10.0. The maximum Gasteiger partial charge on any atom is 0.262 e. The fourth-order valence-corrected chi connectivity index (χ4v) is 4.62. The van der Waals surface area contributed by atoms with Crippen LogP contribution in [0.2, 0.25) is 0 Å². The zero-order chi connectivity index (χ0) is 21.1. The maximum absolute atomic E-state index is 13.5. The molecular formula is C23H23N3O3S. The van der Waals surface area contributed by atoms with Crippen molar-refractivity contribution in [2.75, 3.05) is 13.7 Å². The molecule has 0 fully saturated rings. The Kier molecular flexibility index (Phi) is 5.92. The third kappa shape index (κ3) is 3.99. The molecule has 2 heterocycles. The van der Waals surface area contributed by atoms with Gasteiger partial charge < -0.3 is 10.5 Å². The number of carbonyl (C=O) groups excluding carboxylic acids is 1. The molecule has 0 aliphatic carbocycles. The van der Waals surface area contributed by atoms with Crippen LogP contribution in [0.1, 0.15) is 18.7 Å². The van der Waals surface area contributed by atoms with Crippen LogP contribution in [0.25, 0.3) is 32.1 Å². The second-order valence-electron chi connectivity index (χ2n) is 7.19. The maximum atomic E-state index is 13.5. The Hall–Kier alpha value is -3.03. The smallest absolute Gasteiger partial charge is 0.262 e. The molecule has 1 amide bonds. The van der Waals surface area contributed by atoms with Crippen LogP contribution < -0.4 is 11.3 Å². The fraction of sp³-hybridized carbons (Fsp3) is 0.261. The van der Waals surface area contributed by atoms with Gasteiger partial charge in [-0.1, -0.05) is 36.4 Å². The van der Waals surface area contributed by atoms with Gasteiger partial charge in [0.05, 0.1) is 12.0 Å². The van der Waals surface area contributed by atoms with Crippen molar-refractivity contribution in [2.24, 2.45) is 5.73 Å². The van der Waals surface area contributed by atoms with Crippen LogP contribution >= 0.6 is 11.3 Å². The molecule has 4 aromatic rings. The minimum absolute atomic E-state index is 0.0833. The molecule has 6 nitrogen and oxygen atoms in total. The number of amides is 1. The largest absolute Gasteiger partial charge is 0.384 e. The number of nitrogens with zero attached hydrogens (tertiary/aromatic N) is 2. The summed E-state index contributed by atoms with van der Waals surface area (Å²) in [4.78, 5) is 30.1. The number of ether oxygens (including phenoxy) is 1. The lowest BCUT2D eigenvalue weighted by Gasteiger charge is -2.12. The Morgan fingerprint density at radius 2 is 2.00 bits per heavy atom. The summed E-state index contributed by atoms with van der Waals surface area (Å²) in [5.74, 6) is 0.300. The van der Waals surface area contributed by atoms with E-state index in [4.69, 9.17) is 15.5 Å². The van der Waals surface area contributed by atoms with Crippen molar-refractivity contribution in [3.63, 3.8) is 0 Å². The molecule has 7 heteroatoms. The quantitative estimate of drug-likeness (QED) is 0.470. The van der Waals surface area contributed by atoms with E-state index in [-0.39, 0.29) is 17.9 Å². The highest BCUT2D eigenvalue weighted by Crippen LogP contribution is 2.33. The molecule has 4 rings (SSSR count). The highest BCUT2D eigenvalue weighted by atomic mass is 32.1. The van der Waals surface area contributed by atoms with Crippen LogP contribution in [0.5, 0.6) is 0 Å². The Balaban J connectivity index is 1.83. The first-order valence-electron chi connectivity index (χ1n) is 9.86. The molecule has 154 valence electrons. The second kappa shape index (κ2) is 8.77. The average molecular weight is 422 g/mol. The minimum Gasteiger partial charge on any atom is -0.384 e. The number of thiophene rings is 1. The topological polar surface area (TPSA) is 87.2 Å². The number of rotatable bonds is 8. The fourth-order valence-electron chi connectivity index (χ4n) is 3.66. The summed E-state index contributed by atoms with van der Waals surface area (Å²) >= 11 is 1.47. The van der Waals surface area contributed by atoms with Crippen LogP contribution in [0.4, 0.5) is 0 Å². The predicted octanol–water partition coefficient (Wildman–Crippen LogP) is 3.73. The van der Waals surface area contributed by atoms with Crippen LogP contribution in [0.3, 0.4) is 0 Å². The van der Waals surface area contributed by atoms with Gasteiger partial charge in [0.15, 0.2) is 0 Å². The van der Waals surface area contributed by atoms with Gasteiger partial charge in [0, 0.05) is 37.4 Å². The first-order chi connectivity index (χ1) is 14.6. The van der Waals surface area contributed by atoms with Crippen LogP contribution in [-0.4, -0.2) is 29.2 Å². The van der Waals surface area contributed by atoms with E-state index >= 15 is 0 Å². The summed E-state index contributed by atoms with van der Waals surface area (Å²) in [6.45, 7) is 0.868. The number of primary amides is 1. The van der Waals surface area contributed by atoms with Crippen LogP contribution in [0.15, 0.2) is 52.6 Å². The summed E-state index contributed by atoms with van der Waals surface area (Å²) in [6.07, 6.45) is 1.26. The van der Waals surface area contributed by atoms with E-state index in [1.54, 1.807) is 11.7 Å². The third-order valence-corrected chi connectivity index (χ3v) is 6.04. The first kappa shape index (κ1) is 20.3. The number of carbonyl (C=O) groups is 1. The van der Waals surface area contributed by atoms with Crippen molar-refractivity contribution >= 4 is 38.2 Å². The number of nitrogens with two attached hydrogens (primary N) is 1. The van der Waals surface area contributed by atoms with Crippen molar-refractivity contribution in [2.45, 2.75) is 25.8 Å². The Morgan fingerprint density at radius 3 is 2.77 bits per heavy atom. The van der Waals surface area contributed by atoms with Crippen molar-refractivity contribution in [3.8, 4) is 11.1 Å². The summed E-state index contributed by atoms with van der Waals surface area (Å²) in [5.41, 5.74) is 7.07. The van der Waals surface area contributed by atoms with E-state index in [0.29, 0.717) is 37.2 Å². The number of hydrogen-bond acceptors (Lipinski definition) is 5. The number of fused-ring (bicyclic) bond motifs is 2. The zero-order valence-electron chi connectivity index (χ0n) is 16.8. The van der Waals surface area contributed by atoms with Gasteiger partial charge in [-0.3, -0.25) is 14.2 Å². The normalized spacial score (nSPS) is 11.4. The second-order valence-corrected chi connectivity index (χ2v) is 8.05. The van der Waals surface area contributed by atoms with Gasteiger partial charge in [-0.25, -0.2) is 4.98 Å². The lowest BCUT2D eigenvalue weighted by Crippen LogP contribution is -2.26. The van der Waals surface area contributed by atoms with Gasteiger partial charge in [-0.05, 0) is 28.8 Å². The van der Waals surface area contributed by atoms with Gasteiger partial charge in [0.1, 0.15) is 10.7 Å². The molecule has 0 saturated carbocycles. The molecule has 2 aromatic carbocycles. The summed E-state index contributed by atoms with van der Waals surface area (Å²) in [5, 5.41) is 4.90. The number of aromatic nitrogens is 2. The molecule has 0 radical (unpaired) electrons. The Labute approximate surface area is 177 Å². The van der Waals surface area contributed by atoms with Crippen molar-refractivity contribution in [1.29, 1.82) is 0 Å². The molecule has 0 saturated heterocycles. The SMILES string of the molecule is COCCc1nc2scc(-c3ccc4ccccc4c3)c2c(=O)n1CCCC(N)=O. The van der Waals surface area contributed by atoms with Gasteiger partial charge in [0.2, 0.25) is 5.91 Å². The van der Waals surface area contributed by atoms with E-state index in [2.05, 4.69) is 24.3 Å². The van der Waals surface area contributed by atoms with E-state index in [1.807, 2.05) is 23.6 Å². The lowest BCUT2D eigenvalue weighted by molar-refractivity contribution is -0.118. The molecule has 30 heavy (non-hydrogen) atoms. The van der Waals surface area contributed by atoms with Crippen molar-refractivity contribution < 1.29 is 9.53 Å². The summed E-state index contributed by atoms with van der Waals surface area (Å²) < 4.78 is 6.85. The van der Waals surface area contributed by atoms with Crippen molar-refractivity contribution in [3.05, 3.63) is 64.0 Å². The van der Waals surface area contributed by atoms with Gasteiger partial charge in [-0.15, -0.1) is 11.3 Å². The third-order valence-electron chi connectivity index (χ3n) is 5.17. The standard InChI is InChI=1S/C23H23N3O3S/c1-29-12-10-20-25-22-21(23(28)26(20)11-4-7-19(24)27)18(14-30-22)17-9-8-15-5-2-3-6-16(15)13-17/h2-3,5-6,8-9,13-14H,4,7,10-12H2,1H3,(H2,24,27). The van der Waals surface area contributed by atoms with Crippen LogP contribution in [0, 0.1) is 0 Å². The monoisotopic (exact) mass is 421 g/mol. The Morgan fingerprint density at radius 1 is 1.20 bits per heavy atom. The highest BCUT2D eigenvalue weighted by Gasteiger charge is 2.17. The summed E-state index contributed by atoms with van der Waals surface area (Å²) in [7, 11) is 1.62. The Bertz CT molecular complexity index is 1280. The first-order valence-corrected chi connectivity index (χ1v) is 10.7. The highest BCUT2D eigenvalue weighted by molar-refractivity contribution is 7.17. The minimum atomic E-state index is -0.372. The average Bonchev–Trinajstić information content (AvgIpc) is 3.17. The molecule has 2 aromatic heterocycles. The summed E-state index contributed by atoms with van der Waals surface area (Å²) in [6, 6.07) is 14.4. The van der Waals surface area contributed by atoms with Gasteiger partial charge in [0.25, 0.3) is 5.56 Å². The van der Waals surface area contributed by atoms with Crippen molar-refractivity contribution in [1.82, 2.24) is 9.55 Å². The molecule has 0 bridgehead atoms. The number of hydrogen-bond donors (Lipinski definition) is 1. The van der Waals surface area contributed by atoms with E-state index in [9.17, 15) is 9.59 Å². The molecule has 0 aliphatic heterocycles. The molecule has 0 aliphatic rings. The number of methoxy groups -OCH3 is 1. The van der Waals surface area contributed by atoms with E-state index in [0.717, 1.165) is 26.7 Å². The van der Waals surface area contributed by atoms with Crippen LogP contribution in [-0.2, 0) is 22.5 Å². The zero-order valence-corrected chi connectivity index (χ0v) is 17.6. The van der Waals surface area contributed by atoms with Gasteiger partial charge in [-0.2, -0.15) is 0 Å².